The Morgan fingerprint density at radius 1 is 1.35 bits per heavy atom. The van der Waals surface area contributed by atoms with Gasteiger partial charge in [0.25, 0.3) is 0 Å². The minimum Gasteiger partial charge on any atom is -0.354 e. The zero-order valence-electron chi connectivity index (χ0n) is 11.2. The summed E-state index contributed by atoms with van der Waals surface area (Å²) in [4.78, 5) is 11.6. The standard InChI is InChI=1S/C14H26N2O/c1-3-10(2)16-14(17)6-7-15-13-9-11-4-5-12(13)8-11/h10-13,15H,3-9H2,1-2H3,(H,16,17). The van der Waals surface area contributed by atoms with Crippen LogP contribution in [0.4, 0.5) is 0 Å². The third-order valence-electron chi connectivity index (χ3n) is 4.52. The van der Waals surface area contributed by atoms with E-state index in [-0.39, 0.29) is 5.91 Å². The van der Waals surface area contributed by atoms with Gasteiger partial charge in [-0.1, -0.05) is 13.3 Å². The number of nitrogens with one attached hydrogen (secondary N) is 2. The van der Waals surface area contributed by atoms with Crippen molar-refractivity contribution < 1.29 is 4.79 Å². The molecule has 98 valence electrons. The maximum absolute atomic E-state index is 11.6. The lowest BCUT2D eigenvalue weighted by Gasteiger charge is -2.23. The molecule has 4 atom stereocenters. The molecule has 3 heteroatoms. The average Bonchev–Trinajstić information content (AvgIpc) is 2.90. The first kappa shape index (κ1) is 12.9. The van der Waals surface area contributed by atoms with Crippen LogP contribution in [-0.4, -0.2) is 24.5 Å². The Hall–Kier alpha value is -0.570. The molecule has 0 saturated heterocycles. The third-order valence-corrected chi connectivity index (χ3v) is 4.52. The summed E-state index contributed by atoms with van der Waals surface area (Å²) in [6, 6.07) is 1.01. The highest BCUT2D eigenvalue weighted by molar-refractivity contribution is 5.76. The van der Waals surface area contributed by atoms with Gasteiger partial charge in [-0.3, -0.25) is 4.79 Å². The number of fused-ring (bicyclic) bond motifs is 2. The summed E-state index contributed by atoms with van der Waals surface area (Å²) in [6.45, 7) is 5.00. The Morgan fingerprint density at radius 3 is 2.76 bits per heavy atom. The predicted octanol–water partition coefficient (Wildman–Crippen LogP) is 2.07. The van der Waals surface area contributed by atoms with Gasteiger partial charge in [-0.15, -0.1) is 0 Å². The molecular formula is C14H26N2O. The molecule has 2 bridgehead atoms. The topological polar surface area (TPSA) is 41.1 Å². The summed E-state index contributed by atoms with van der Waals surface area (Å²) < 4.78 is 0. The van der Waals surface area contributed by atoms with Crippen LogP contribution in [0.3, 0.4) is 0 Å². The van der Waals surface area contributed by atoms with Gasteiger partial charge in [0, 0.05) is 25.0 Å². The molecule has 0 heterocycles. The lowest BCUT2D eigenvalue weighted by molar-refractivity contribution is -0.121. The Labute approximate surface area is 105 Å². The zero-order valence-corrected chi connectivity index (χ0v) is 11.2. The van der Waals surface area contributed by atoms with Gasteiger partial charge in [-0.25, -0.2) is 0 Å². The van der Waals surface area contributed by atoms with E-state index in [1.807, 2.05) is 0 Å². The molecule has 2 fully saturated rings. The molecule has 2 rings (SSSR count). The minimum absolute atomic E-state index is 0.190. The minimum atomic E-state index is 0.190. The van der Waals surface area contributed by atoms with Gasteiger partial charge < -0.3 is 10.6 Å². The zero-order chi connectivity index (χ0) is 12.3. The lowest BCUT2D eigenvalue weighted by atomic mass is 9.95. The predicted molar refractivity (Wildman–Crippen MR) is 69.8 cm³/mol. The van der Waals surface area contributed by atoms with Crippen LogP contribution in [0, 0.1) is 11.8 Å². The van der Waals surface area contributed by atoms with Crippen molar-refractivity contribution in [2.75, 3.05) is 6.54 Å². The molecule has 4 unspecified atom stereocenters. The molecule has 0 aromatic rings. The van der Waals surface area contributed by atoms with E-state index in [9.17, 15) is 4.79 Å². The first-order chi connectivity index (χ1) is 8.19. The van der Waals surface area contributed by atoms with Crippen LogP contribution in [0.25, 0.3) is 0 Å². The van der Waals surface area contributed by atoms with Gasteiger partial charge >= 0.3 is 0 Å². The summed E-state index contributed by atoms with van der Waals surface area (Å²) >= 11 is 0. The molecule has 0 aromatic carbocycles. The Kier molecular flexibility index (Phi) is 4.43. The average molecular weight is 238 g/mol. The van der Waals surface area contributed by atoms with Gasteiger partial charge in [-0.2, -0.15) is 0 Å². The maximum Gasteiger partial charge on any atom is 0.221 e. The molecule has 2 aliphatic carbocycles. The lowest BCUT2D eigenvalue weighted by Crippen LogP contribution is -2.38. The SMILES string of the molecule is CCC(C)NC(=O)CCNC1CC2CCC1C2. The second-order valence-electron chi connectivity index (χ2n) is 5.86. The first-order valence-electron chi connectivity index (χ1n) is 7.21. The van der Waals surface area contributed by atoms with Gasteiger partial charge in [0.15, 0.2) is 0 Å². The highest BCUT2D eigenvalue weighted by Gasteiger charge is 2.38. The molecule has 2 N–H and O–H groups in total. The Bertz CT molecular complexity index is 267. The van der Waals surface area contributed by atoms with E-state index >= 15 is 0 Å². The number of carbonyl (C=O) groups excluding carboxylic acids is 1. The normalized spacial score (nSPS) is 32.7. The quantitative estimate of drug-likeness (QED) is 0.744. The van der Waals surface area contributed by atoms with E-state index in [1.165, 1.54) is 25.7 Å². The van der Waals surface area contributed by atoms with E-state index in [0.29, 0.717) is 18.5 Å². The van der Waals surface area contributed by atoms with Crippen molar-refractivity contribution >= 4 is 5.91 Å². The van der Waals surface area contributed by atoms with Crippen LogP contribution in [-0.2, 0) is 4.79 Å². The molecule has 0 aliphatic heterocycles. The van der Waals surface area contributed by atoms with Crippen molar-refractivity contribution in [3.05, 3.63) is 0 Å². The summed E-state index contributed by atoms with van der Waals surface area (Å²) in [7, 11) is 0. The van der Waals surface area contributed by atoms with Gasteiger partial charge in [0.05, 0.1) is 0 Å². The largest absolute Gasteiger partial charge is 0.354 e. The van der Waals surface area contributed by atoms with Gasteiger partial charge in [-0.05, 0) is 44.4 Å². The van der Waals surface area contributed by atoms with Crippen molar-refractivity contribution in [1.82, 2.24) is 10.6 Å². The number of carbonyl (C=O) groups is 1. The number of hydrogen-bond donors (Lipinski definition) is 2. The summed E-state index contributed by atoms with van der Waals surface area (Å²) in [5.41, 5.74) is 0. The Morgan fingerprint density at radius 2 is 2.18 bits per heavy atom. The molecule has 0 aromatic heterocycles. The number of amides is 1. The highest BCUT2D eigenvalue weighted by Crippen LogP contribution is 2.44. The van der Waals surface area contributed by atoms with Crippen molar-refractivity contribution in [3.8, 4) is 0 Å². The fourth-order valence-electron chi connectivity index (χ4n) is 3.31. The van der Waals surface area contributed by atoms with Gasteiger partial charge in [0.2, 0.25) is 5.91 Å². The Balaban J connectivity index is 1.58. The van der Waals surface area contributed by atoms with E-state index in [2.05, 4.69) is 24.5 Å². The fourth-order valence-corrected chi connectivity index (χ4v) is 3.31. The van der Waals surface area contributed by atoms with Crippen LogP contribution in [0.2, 0.25) is 0 Å². The van der Waals surface area contributed by atoms with Crippen molar-refractivity contribution in [1.29, 1.82) is 0 Å². The molecular weight excluding hydrogens is 212 g/mol. The smallest absolute Gasteiger partial charge is 0.221 e. The third kappa shape index (κ3) is 3.44. The number of hydrogen-bond acceptors (Lipinski definition) is 2. The highest BCUT2D eigenvalue weighted by atomic mass is 16.1. The molecule has 0 radical (unpaired) electrons. The van der Waals surface area contributed by atoms with Crippen molar-refractivity contribution in [2.45, 2.75) is 64.5 Å². The molecule has 1 amide bonds. The second-order valence-corrected chi connectivity index (χ2v) is 5.86. The van der Waals surface area contributed by atoms with Crippen molar-refractivity contribution in [3.63, 3.8) is 0 Å². The summed E-state index contributed by atoms with van der Waals surface area (Å²) in [5, 5.41) is 6.58. The van der Waals surface area contributed by atoms with Gasteiger partial charge in [0.1, 0.15) is 0 Å². The molecule has 2 saturated carbocycles. The molecule has 0 spiro atoms. The van der Waals surface area contributed by atoms with Crippen LogP contribution in [0.1, 0.15) is 52.4 Å². The second kappa shape index (κ2) is 5.85. The molecule has 3 nitrogen and oxygen atoms in total. The van der Waals surface area contributed by atoms with Crippen LogP contribution >= 0.6 is 0 Å². The van der Waals surface area contributed by atoms with E-state index in [1.54, 1.807) is 0 Å². The van der Waals surface area contributed by atoms with Crippen LogP contribution in [0.5, 0.6) is 0 Å². The van der Waals surface area contributed by atoms with E-state index < -0.39 is 0 Å². The summed E-state index contributed by atoms with van der Waals surface area (Å²) in [5.74, 6) is 2.07. The van der Waals surface area contributed by atoms with Crippen LogP contribution in [0.15, 0.2) is 0 Å². The summed E-state index contributed by atoms with van der Waals surface area (Å²) in [6.07, 6.45) is 7.25. The van der Waals surface area contributed by atoms with E-state index in [0.717, 1.165) is 24.8 Å². The maximum atomic E-state index is 11.6. The number of rotatable bonds is 6. The van der Waals surface area contributed by atoms with Crippen LogP contribution < -0.4 is 10.6 Å². The monoisotopic (exact) mass is 238 g/mol. The first-order valence-corrected chi connectivity index (χ1v) is 7.21. The fraction of sp³-hybridized carbons (Fsp3) is 0.929. The van der Waals surface area contributed by atoms with Crippen molar-refractivity contribution in [2.24, 2.45) is 11.8 Å². The molecule has 2 aliphatic rings. The van der Waals surface area contributed by atoms with E-state index in [4.69, 9.17) is 0 Å². The molecule has 17 heavy (non-hydrogen) atoms.